The van der Waals surface area contributed by atoms with E-state index in [4.69, 9.17) is 5.73 Å². The second-order valence-corrected chi connectivity index (χ2v) is 6.76. The molecule has 2 N–H and O–H groups in total. The lowest BCUT2D eigenvalue weighted by Crippen LogP contribution is -2.58. The van der Waals surface area contributed by atoms with Gasteiger partial charge in [0.05, 0.1) is 0 Å². The Balaban J connectivity index is 1.92. The van der Waals surface area contributed by atoms with Crippen LogP contribution in [0.15, 0.2) is 0 Å². The van der Waals surface area contributed by atoms with Crippen LogP contribution in [0.4, 0.5) is 0 Å². The van der Waals surface area contributed by atoms with E-state index in [0.717, 1.165) is 25.9 Å². The minimum absolute atomic E-state index is 0.231. The van der Waals surface area contributed by atoms with Gasteiger partial charge < -0.3 is 10.6 Å². The average Bonchev–Trinajstić information content (AvgIpc) is 2.35. The Labute approximate surface area is 117 Å². The molecule has 2 rings (SSSR count). The van der Waals surface area contributed by atoms with E-state index in [1.807, 2.05) is 4.90 Å². The average molecular weight is 267 g/mol. The summed E-state index contributed by atoms with van der Waals surface area (Å²) in [6.07, 6.45) is 6.19. The maximum Gasteiger partial charge on any atom is 0.224 e. The highest BCUT2D eigenvalue weighted by molar-refractivity contribution is 5.77. The van der Waals surface area contributed by atoms with Gasteiger partial charge in [-0.1, -0.05) is 19.3 Å². The van der Waals surface area contributed by atoms with Gasteiger partial charge in [-0.05, 0) is 33.7 Å². The lowest BCUT2D eigenvalue weighted by atomic mass is 9.80. The second-order valence-electron chi connectivity index (χ2n) is 6.76. The maximum absolute atomic E-state index is 12.5. The molecule has 19 heavy (non-hydrogen) atoms. The Morgan fingerprint density at radius 1 is 1.16 bits per heavy atom. The zero-order chi connectivity index (χ0) is 14.0. The first-order valence-electron chi connectivity index (χ1n) is 7.70. The van der Waals surface area contributed by atoms with Crippen molar-refractivity contribution in [2.45, 2.75) is 70.0 Å². The molecule has 110 valence electrons. The third-order valence-electron chi connectivity index (χ3n) is 5.07. The smallest absolute Gasteiger partial charge is 0.224 e. The summed E-state index contributed by atoms with van der Waals surface area (Å²) < 4.78 is 0. The molecule has 1 saturated carbocycles. The Kier molecular flexibility index (Phi) is 4.51. The molecule has 0 radical (unpaired) electrons. The number of hydrogen-bond donors (Lipinski definition) is 1. The van der Waals surface area contributed by atoms with Gasteiger partial charge in [-0.2, -0.15) is 0 Å². The first-order valence-corrected chi connectivity index (χ1v) is 7.70. The highest BCUT2D eigenvalue weighted by atomic mass is 16.2. The van der Waals surface area contributed by atoms with Crippen LogP contribution in [0.25, 0.3) is 0 Å². The van der Waals surface area contributed by atoms with Crippen molar-refractivity contribution >= 4 is 5.91 Å². The van der Waals surface area contributed by atoms with Crippen LogP contribution in [0.3, 0.4) is 0 Å². The molecule has 1 heterocycles. The molecule has 0 bridgehead atoms. The summed E-state index contributed by atoms with van der Waals surface area (Å²) in [6, 6.07) is 0.876. The third kappa shape index (κ3) is 3.48. The van der Waals surface area contributed by atoms with E-state index in [1.165, 1.54) is 19.3 Å². The molecule has 1 amide bonds. The van der Waals surface area contributed by atoms with Crippen molar-refractivity contribution in [3.63, 3.8) is 0 Å². The van der Waals surface area contributed by atoms with Gasteiger partial charge in [-0.15, -0.1) is 0 Å². The van der Waals surface area contributed by atoms with Crippen molar-refractivity contribution in [1.29, 1.82) is 0 Å². The standard InChI is InChI=1S/C15H29N3O/c1-12-10-18(11-13(2)17(12)3)14(19)9-15(16)7-5-4-6-8-15/h12-13H,4-11,16H2,1-3H3. The molecule has 2 fully saturated rings. The first-order chi connectivity index (χ1) is 8.91. The third-order valence-corrected chi connectivity index (χ3v) is 5.07. The highest BCUT2D eigenvalue weighted by Gasteiger charge is 2.35. The molecule has 1 aliphatic carbocycles. The van der Waals surface area contributed by atoms with Crippen LogP contribution in [0.1, 0.15) is 52.4 Å². The second kappa shape index (κ2) is 5.80. The molecule has 4 heteroatoms. The Bertz CT molecular complexity index is 313. The number of likely N-dealkylation sites (N-methyl/N-ethyl adjacent to an activating group) is 1. The van der Waals surface area contributed by atoms with Crippen molar-refractivity contribution in [2.75, 3.05) is 20.1 Å². The molecule has 1 aliphatic heterocycles. The largest absolute Gasteiger partial charge is 0.340 e. The summed E-state index contributed by atoms with van der Waals surface area (Å²) in [5.41, 5.74) is 6.17. The van der Waals surface area contributed by atoms with Crippen molar-refractivity contribution < 1.29 is 4.79 Å². The van der Waals surface area contributed by atoms with Gasteiger partial charge in [0.2, 0.25) is 5.91 Å². The number of nitrogens with two attached hydrogens (primary N) is 1. The lowest BCUT2D eigenvalue weighted by molar-refractivity contribution is -0.136. The van der Waals surface area contributed by atoms with Crippen LogP contribution < -0.4 is 5.73 Å². The van der Waals surface area contributed by atoms with E-state index < -0.39 is 0 Å². The van der Waals surface area contributed by atoms with E-state index in [2.05, 4.69) is 25.8 Å². The number of carbonyl (C=O) groups is 1. The Morgan fingerprint density at radius 2 is 1.68 bits per heavy atom. The molecular formula is C15H29N3O. The van der Waals surface area contributed by atoms with Crippen molar-refractivity contribution in [3.8, 4) is 0 Å². The summed E-state index contributed by atoms with van der Waals surface area (Å²) in [5, 5.41) is 0. The monoisotopic (exact) mass is 267 g/mol. The van der Waals surface area contributed by atoms with Gasteiger partial charge in [0, 0.05) is 37.1 Å². The Hall–Kier alpha value is -0.610. The van der Waals surface area contributed by atoms with Crippen LogP contribution in [0.5, 0.6) is 0 Å². The number of hydrogen-bond acceptors (Lipinski definition) is 3. The fourth-order valence-electron chi connectivity index (χ4n) is 3.45. The predicted octanol–water partition coefficient (Wildman–Crippen LogP) is 1.59. The van der Waals surface area contributed by atoms with Gasteiger partial charge in [0.15, 0.2) is 0 Å². The van der Waals surface area contributed by atoms with Gasteiger partial charge in [-0.25, -0.2) is 0 Å². The van der Waals surface area contributed by atoms with E-state index in [-0.39, 0.29) is 11.4 Å². The Morgan fingerprint density at radius 3 is 2.21 bits per heavy atom. The quantitative estimate of drug-likeness (QED) is 0.826. The maximum atomic E-state index is 12.5. The van der Waals surface area contributed by atoms with Crippen LogP contribution in [0.2, 0.25) is 0 Å². The molecule has 0 aromatic carbocycles. The minimum Gasteiger partial charge on any atom is -0.340 e. The number of rotatable bonds is 2. The van der Waals surface area contributed by atoms with E-state index in [1.54, 1.807) is 0 Å². The fraction of sp³-hybridized carbons (Fsp3) is 0.933. The number of nitrogens with zero attached hydrogens (tertiary/aromatic N) is 2. The molecule has 0 aromatic heterocycles. The van der Waals surface area contributed by atoms with Gasteiger partial charge >= 0.3 is 0 Å². The van der Waals surface area contributed by atoms with E-state index in [0.29, 0.717) is 18.5 Å². The van der Waals surface area contributed by atoms with Crippen LogP contribution >= 0.6 is 0 Å². The van der Waals surface area contributed by atoms with Gasteiger partial charge in [0.1, 0.15) is 0 Å². The lowest BCUT2D eigenvalue weighted by Gasteiger charge is -2.43. The highest BCUT2D eigenvalue weighted by Crippen LogP contribution is 2.29. The van der Waals surface area contributed by atoms with Crippen molar-refractivity contribution in [1.82, 2.24) is 9.80 Å². The number of piperazine rings is 1. The summed E-state index contributed by atoms with van der Waals surface area (Å²) in [6.45, 7) is 6.06. The van der Waals surface area contributed by atoms with Crippen molar-refractivity contribution in [3.05, 3.63) is 0 Å². The molecule has 4 nitrogen and oxygen atoms in total. The summed E-state index contributed by atoms with van der Waals surface area (Å²) in [7, 11) is 2.14. The molecule has 2 atom stereocenters. The summed E-state index contributed by atoms with van der Waals surface area (Å²) in [4.78, 5) is 16.9. The predicted molar refractivity (Wildman–Crippen MR) is 77.9 cm³/mol. The zero-order valence-electron chi connectivity index (χ0n) is 12.7. The number of amides is 1. The molecule has 0 aromatic rings. The van der Waals surface area contributed by atoms with Crippen LogP contribution in [-0.2, 0) is 4.79 Å². The topological polar surface area (TPSA) is 49.6 Å². The first kappa shape index (κ1) is 14.8. The molecular weight excluding hydrogens is 238 g/mol. The molecule has 0 spiro atoms. The van der Waals surface area contributed by atoms with Crippen LogP contribution in [-0.4, -0.2) is 53.5 Å². The van der Waals surface area contributed by atoms with Crippen molar-refractivity contribution in [2.24, 2.45) is 5.73 Å². The zero-order valence-corrected chi connectivity index (χ0v) is 12.7. The van der Waals surface area contributed by atoms with Gasteiger partial charge in [0.25, 0.3) is 0 Å². The SMILES string of the molecule is CC1CN(C(=O)CC2(N)CCCCC2)CC(C)N1C. The summed E-state index contributed by atoms with van der Waals surface area (Å²) in [5.74, 6) is 0.260. The minimum atomic E-state index is -0.231. The fourth-order valence-corrected chi connectivity index (χ4v) is 3.45. The normalized spacial score (nSPS) is 32.3. The molecule has 2 aliphatic rings. The van der Waals surface area contributed by atoms with E-state index >= 15 is 0 Å². The van der Waals surface area contributed by atoms with E-state index in [9.17, 15) is 4.79 Å². The summed E-state index contributed by atoms with van der Waals surface area (Å²) >= 11 is 0. The van der Waals surface area contributed by atoms with Crippen LogP contribution in [0, 0.1) is 0 Å². The molecule has 2 unspecified atom stereocenters. The number of carbonyl (C=O) groups excluding carboxylic acids is 1. The molecule has 1 saturated heterocycles. The van der Waals surface area contributed by atoms with Gasteiger partial charge in [-0.3, -0.25) is 9.69 Å².